The molecular formula is C27H32F3N7O3. The van der Waals surface area contributed by atoms with Crippen molar-refractivity contribution in [3.63, 3.8) is 0 Å². The molecule has 0 amide bonds. The van der Waals surface area contributed by atoms with E-state index in [1.54, 1.807) is 12.4 Å². The first-order valence-electron chi connectivity index (χ1n) is 13.7. The van der Waals surface area contributed by atoms with Crippen molar-refractivity contribution in [3.05, 3.63) is 53.4 Å². The highest BCUT2D eigenvalue weighted by Gasteiger charge is 2.35. The minimum Gasteiger partial charge on any atom is -0.487 e. The van der Waals surface area contributed by atoms with Gasteiger partial charge >= 0.3 is 6.01 Å². The fraction of sp³-hybridized carbons (Fsp3) is 0.556. The number of hydrogen-bond acceptors (Lipinski definition) is 10. The van der Waals surface area contributed by atoms with Gasteiger partial charge in [-0.25, -0.2) is 23.1 Å². The molecule has 5 heterocycles. The quantitative estimate of drug-likeness (QED) is 0.432. The third-order valence-electron chi connectivity index (χ3n) is 8.22. The molecule has 4 atom stereocenters. The maximum atomic E-state index is 14.3. The molecule has 10 nitrogen and oxygen atoms in total. The van der Waals surface area contributed by atoms with E-state index in [9.17, 15) is 13.2 Å². The van der Waals surface area contributed by atoms with E-state index in [0.717, 1.165) is 50.8 Å². The Hall–Kier alpha value is -3.45. The molecule has 0 unspecified atom stereocenters. The van der Waals surface area contributed by atoms with Crippen LogP contribution in [0.3, 0.4) is 0 Å². The van der Waals surface area contributed by atoms with E-state index in [4.69, 9.17) is 19.7 Å². The summed E-state index contributed by atoms with van der Waals surface area (Å²) < 4.78 is 58.5. The predicted molar refractivity (Wildman–Crippen MR) is 139 cm³/mol. The number of nitrogens with two attached hydrogens (primary N) is 1. The van der Waals surface area contributed by atoms with Crippen LogP contribution >= 0.6 is 0 Å². The molecule has 2 aromatic heterocycles. The van der Waals surface area contributed by atoms with Gasteiger partial charge in [0.15, 0.2) is 23.2 Å². The van der Waals surface area contributed by atoms with E-state index in [2.05, 4.69) is 25.0 Å². The van der Waals surface area contributed by atoms with E-state index in [1.807, 2.05) is 11.8 Å². The van der Waals surface area contributed by atoms with Gasteiger partial charge in [-0.05, 0) is 43.7 Å². The summed E-state index contributed by atoms with van der Waals surface area (Å²) in [4.78, 5) is 17.4. The number of aromatic nitrogens is 4. The molecular weight excluding hydrogens is 527 g/mol. The fourth-order valence-electron chi connectivity index (χ4n) is 5.81. The molecule has 40 heavy (non-hydrogen) atoms. The lowest BCUT2D eigenvalue weighted by molar-refractivity contribution is 0.131. The Labute approximate surface area is 229 Å². The maximum absolute atomic E-state index is 14.3. The highest BCUT2D eigenvalue weighted by Crippen LogP contribution is 2.32. The second kappa shape index (κ2) is 11.2. The Morgan fingerprint density at radius 3 is 2.48 bits per heavy atom. The van der Waals surface area contributed by atoms with Gasteiger partial charge in [-0.1, -0.05) is 5.16 Å². The van der Waals surface area contributed by atoms with Crippen molar-refractivity contribution >= 4 is 12.0 Å². The maximum Gasteiger partial charge on any atom is 0.324 e. The first-order chi connectivity index (χ1) is 19.4. The molecule has 3 aliphatic heterocycles. The number of halogens is 3. The highest BCUT2D eigenvalue weighted by atomic mass is 19.2. The normalized spacial score (nSPS) is 24.6. The lowest BCUT2D eigenvalue weighted by atomic mass is 9.92. The van der Waals surface area contributed by atoms with Crippen LogP contribution in [0, 0.1) is 23.4 Å². The van der Waals surface area contributed by atoms with Crippen molar-refractivity contribution < 1.29 is 27.2 Å². The second-order valence-electron chi connectivity index (χ2n) is 10.8. The molecule has 3 saturated heterocycles. The summed E-state index contributed by atoms with van der Waals surface area (Å²) >= 11 is 0. The molecule has 3 aliphatic rings. The zero-order valence-corrected chi connectivity index (χ0v) is 22.2. The van der Waals surface area contributed by atoms with E-state index in [-0.39, 0.29) is 24.1 Å². The van der Waals surface area contributed by atoms with Crippen LogP contribution in [0.4, 0.5) is 25.1 Å². The first-order valence-corrected chi connectivity index (χ1v) is 13.7. The highest BCUT2D eigenvalue weighted by molar-refractivity contribution is 5.39. The summed E-state index contributed by atoms with van der Waals surface area (Å²) in [7, 11) is 0. The SMILES string of the molecule is C[C@H](Oc1cnc(N2C[C@H](c3cc(F)c(F)cc3F)[C@@H](N)C2)nc1)C1CCN(c2nc([C@H]3CCOC3)no2)CC1. The molecule has 3 aromatic rings. The lowest BCUT2D eigenvalue weighted by Gasteiger charge is -2.33. The third kappa shape index (κ3) is 5.44. The number of benzene rings is 1. The van der Waals surface area contributed by atoms with Gasteiger partial charge in [-0.3, -0.25) is 0 Å². The van der Waals surface area contributed by atoms with Crippen LogP contribution in [0.5, 0.6) is 5.75 Å². The molecule has 0 bridgehead atoms. The minimum absolute atomic E-state index is 0.0496. The predicted octanol–water partition coefficient (Wildman–Crippen LogP) is 3.40. The van der Waals surface area contributed by atoms with Gasteiger partial charge in [0.2, 0.25) is 5.95 Å². The summed E-state index contributed by atoms with van der Waals surface area (Å²) in [6.07, 6.45) is 5.92. The number of rotatable bonds is 7. The van der Waals surface area contributed by atoms with Crippen molar-refractivity contribution in [1.29, 1.82) is 0 Å². The summed E-state index contributed by atoms with van der Waals surface area (Å²) in [5.41, 5.74) is 6.28. The van der Waals surface area contributed by atoms with Crippen molar-refractivity contribution in [1.82, 2.24) is 20.1 Å². The summed E-state index contributed by atoms with van der Waals surface area (Å²) in [5, 5.41) is 4.15. The monoisotopic (exact) mass is 559 g/mol. The number of hydrogen-bond donors (Lipinski definition) is 1. The minimum atomic E-state index is -1.22. The summed E-state index contributed by atoms with van der Waals surface area (Å²) in [6.45, 7) is 5.66. The van der Waals surface area contributed by atoms with Crippen LogP contribution < -0.4 is 20.3 Å². The Morgan fingerprint density at radius 1 is 1.00 bits per heavy atom. The molecule has 2 N–H and O–H groups in total. The van der Waals surface area contributed by atoms with Gasteiger partial charge < -0.3 is 29.5 Å². The van der Waals surface area contributed by atoms with E-state index >= 15 is 0 Å². The third-order valence-corrected chi connectivity index (χ3v) is 8.22. The van der Waals surface area contributed by atoms with Crippen LogP contribution in [0.1, 0.15) is 49.4 Å². The molecule has 6 rings (SSSR count). The van der Waals surface area contributed by atoms with Crippen molar-refractivity contribution in [3.8, 4) is 5.75 Å². The van der Waals surface area contributed by atoms with Gasteiger partial charge in [-0.15, -0.1) is 0 Å². The first kappa shape index (κ1) is 26.8. The average molecular weight is 560 g/mol. The number of nitrogens with zero attached hydrogens (tertiary/aromatic N) is 6. The molecule has 0 saturated carbocycles. The zero-order valence-electron chi connectivity index (χ0n) is 22.2. The summed E-state index contributed by atoms with van der Waals surface area (Å²) in [6, 6.07) is 1.52. The van der Waals surface area contributed by atoms with E-state index < -0.39 is 29.4 Å². The molecule has 3 fully saturated rings. The number of piperidine rings is 1. The van der Waals surface area contributed by atoms with Crippen LogP contribution in [0.25, 0.3) is 0 Å². The van der Waals surface area contributed by atoms with Gasteiger partial charge in [0.25, 0.3) is 0 Å². The van der Waals surface area contributed by atoms with Crippen LogP contribution in [0.2, 0.25) is 0 Å². The van der Waals surface area contributed by atoms with E-state index in [0.29, 0.717) is 42.8 Å². The lowest BCUT2D eigenvalue weighted by Crippen LogP contribution is -2.38. The molecule has 214 valence electrons. The summed E-state index contributed by atoms with van der Waals surface area (Å²) in [5.74, 6) is -1.42. The fourth-order valence-corrected chi connectivity index (χ4v) is 5.81. The standard InChI is InChI=1S/C27H32F3N7O3/c1-15(16-2-5-36(6-3-16)27-34-25(35-40-27)17-4-7-38-14-17)39-18-10-32-26(33-11-18)37-12-20(24(31)13-37)19-8-22(29)23(30)9-21(19)28/h8-11,15-17,20,24H,2-7,12-14,31H2,1H3/t15-,17-,20+,24-/m0/s1. The molecule has 13 heteroatoms. The van der Waals surface area contributed by atoms with Gasteiger partial charge in [0.1, 0.15) is 5.82 Å². The second-order valence-corrected chi connectivity index (χ2v) is 10.8. The van der Waals surface area contributed by atoms with Gasteiger partial charge in [-0.2, -0.15) is 4.98 Å². The zero-order chi connectivity index (χ0) is 27.8. The van der Waals surface area contributed by atoms with Crippen LogP contribution in [0.15, 0.2) is 29.0 Å². The van der Waals surface area contributed by atoms with Crippen LogP contribution in [-0.4, -0.2) is 71.6 Å². The Kier molecular flexibility index (Phi) is 7.49. The molecule has 0 spiro atoms. The Bertz CT molecular complexity index is 1310. The average Bonchev–Trinajstić information content (AvgIpc) is 3.73. The number of ether oxygens (including phenoxy) is 2. The van der Waals surface area contributed by atoms with Crippen molar-refractivity contribution in [2.75, 3.05) is 49.2 Å². The van der Waals surface area contributed by atoms with Gasteiger partial charge in [0, 0.05) is 56.7 Å². The van der Waals surface area contributed by atoms with E-state index in [1.165, 1.54) is 0 Å². The number of anilines is 2. The largest absolute Gasteiger partial charge is 0.487 e. The van der Waals surface area contributed by atoms with Crippen molar-refractivity contribution in [2.24, 2.45) is 11.7 Å². The molecule has 0 aliphatic carbocycles. The smallest absolute Gasteiger partial charge is 0.324 e. The Balaban J connectivity index is 1.01. The van der Waals surface area contributed by atoms with Crippen LogP contribution in [-0.2, 0) is 4.74 Å². The van der Waals surface area contributed by atoms with Gasteiger partial charge in [0.05, 0.1) is 25.1 Å². The molecule has 1 aromatic carbocycles. The Morgan fingerprint density at radius 2 is 1.75 bits per heavy atom. The molecule has 0 radical (unpaired) electrons. The van der Waals surface area contributed by atoms with Crippen molar-refractivity contribution in [2.45, 2.75) is 50.2 Å². The topological polar surface area (TPSA) is 116 Å².